The summed E-state index contributed by atoms with van der Waals surface area (Å²) in [6.07, 6.45) is 0.943. The second-order valence-corrected chi connectivity index (χ2v) is 4.90. The van der Waals surface area contributed by atoms with E-state index in [1.807, 2.05) is 13.0 Å². The number of nitrogens with two attached hydrogens (primary N) is 1. The summed E-state index contributed by atoms with van der Waals surface area (Å²) >= 11 is 0. The molecule has 0 bridgehead atoms. The Kier molecular flexibility index (Phi) is 3.75. The molecule has 0 atom stereocenters. The number of aryl methyl sites for hydroxylation is 1. The van der Waals surface area contributed by atoms with E-state index in [1.54, 1.807) is 0 Å². The molecule has 0 spiro atoms. The highest BCUT2D eigenvalue weighted by atomic mass is 16.5. The Morgan fingerprint density at radius 2 is 1.93 bits per heavy atom. The summed E-state index contributed by atoms with van der Waals surface area (Å²) in [7, 11) is 0. The van der Waals surface area contributed by atoms with Crippen molar-refractivity contribution < 1.29 is 4.74 Å². The lowest BCUT2D eigenvalue weighted by atomic mass is 10.1. The van der Waals surface area contributed by atoms with Gasteiger partial charge in [-0.15, -0.1) is 0 Å². The zero-order chi connectivity index (χ0) is 11.5. The molecule has 0 aliphatic carbocycles. The van der Waals surface area contributed by atoms with Crippen molar-refractivity contribution in [3.63, 3.8) is 0 Å². The second kappa shape index (κ2) is 4.67. The molecule has 0 heterocycles. The molecule has 2 heteroatoms. The predicted octanol–water partition coefficient (Wildman–Crippen LogP) is 2.93. The summed E-state index contributed by atoms with van der Waals surface area (Å²) in [6, 6.07) is 6.15. The van der Waals surface area contributed by atoms with Gasteiger partial charge >= 0.3 is 0 Å². The van der Waals surface area contributed by atoms with Crippen molar-refractivity contribution in [2.75, 3.05) is 12.3 Å². The van der Waals surface area contributed by atoms with Gasteiger partial charge < -0.3 is 10.5 Å². The van der Waals surface area contributed by atoms with Crippen LogP contribution in [0, 0.1) is 6.92 Å². The van der Waals surface area contributed by atoms with Crippen LogP contribution < -0.4 is 5.73 Å². The van der Waals surface area contributed by atoms with Crippen LogP contribution in [0.5, 0.6) is 0 Å². The topological polar surface area (TPSA) is 35.2 Å². The predicted molar refractivity (Wildman–Crippen MR) is 65.0 cm³/mol. The monoisotopic (exact) mass is 207 g/mol. The molecule has 0 fully saturated rings. The third-order valence-electron chi connectivity index (χ3n) is 2.26. The smallest absolute Gasteiger partial charge is 0.0598 e. The lowest BCUT2D eigenvalue weighted by molar-refractivity contribution is -0.000977. The Balaban J connectivity index is 2.48. The maximum absolute atomic E-state index is 5.76. The van der Waals surface area contributed by atoms with Crippen LogP contribution in [0.25, 0.3) is 0 Å². The normalized spacial score (nSPS) is 11.7. The minimum absolute atomic E-state index is 0.0527. The van der Waals surface area contributed by atoms with Crippen LogP contribution in [-0.4, -0.2) is 12.2 Å². The van der Waals surface area contributed by atoms with Crippen molar-refractivity contribution in [1.29, 1.82) is 0 Å². The van der Waals surface area contributed by atoms with Crippen molar-refractivity contribution in [2.45, 2.75) is 39.7 Å². The number of benzene rings is 1. The number of hydrogen-bond donors (Lipinski definition) is 1. The van der Waals surface area contributed by atoms with E-state index in [4.69, 9.17) is 10.5 Å². The molecule has 2 N–H and O–H groups in total. The average molecular weight is 207 g/mol. The maximum atomic E-state index is 5.76. The van der Waals surface area contributed by atoms with Gasteiger partial charge in [0.15, 0.2) is 0 Å². The molecule has 0 aliphatic heterocycles. The molecule has 0 unspecified atom stereocenters. The average Bonchev–Trinajstić information content (AvgIpc) is 2.09. The number of anilines is 1. The molecule has 15 heavy (non-hydrogen) atoms. The molecular formula is C13H21NO. The largest absolute Gasteiger partial charge is 0.399 e. The van der Waals surface area contributed by atoms with Crippen LogP contribution in [0.15, 0.2) is 18.2 Å². The van der Waals surface area contributed by atoms with Crippen LogP contribution >= 0.6 is 0 Å². The van der Waals surface area contributed by atoms with Gasteiger partial charge in [0.2, 0.25) is 0 Å². The highest BCUT2D eigenvalue weighted by molar-refractivity contribution is 5.47. The molecular weight excluding hydrogens is 186 g/mol. The summed E-state index contributed by atoms with van der Waals surface area (Å²) < 4.78 is 5.67. The quantitative estimate of drug-likeness (QED) is 0.773. The van der Waals surface area contributed by atoms with Gasteiger partial charge in [0.25, 0.3) is 0 Å². The van der Waals surface area contributed by atoms with Gasteiger partial charge in [0, 0.05) is 5.69 Å². The van der Waals surface area contributed by atoms with Gasteiger partial charge in [-0.2, -0.15) is 0 Å². The van der Waals surface area contributed by atoms with E-state index in [0.29, 0.717) is 0 Å². The minimum atomic E-state index is -0.0527. The Morgan fingerprint density at radius 1 is 1.27 bits per heavy atom. The van der Waals surface area contributed by atoms with Crippen LogP contribution in [0.4, 0.5) is 5.69 Å². The molecule has 0 amide bonds. The van der Waals surface area contributed by atoms with Crippen molar-refractivity contribution in [1.82, 2.24) is 0 Å². The third kappa shape index (κ3) is 4.34. The number of ether oxygens (including phenoxy) is 1. The summed E-state index contributed by atoms with van der Waals surface area (Å²) in [5.41, 5.74) is 8.98. The number of nitrogen functional groups attached to an aromatic ring is 1. The fourth-order valence-corrected chi connectivity index (χ4v) is 1.37. The van der Waals surface area contributed by atoms with Crippen LogP contribution in [-0.2, 0) is 11.2 Å². The summed E-state index contributed by atoms with van der Waals surface area (Å²) in [5, 5.41) is 0. The zero-order valence-electron chi connectivity index (χ0n) is 10.1. The van der Waals surface area contributed by atoms with E-state index < -0.39 is 0 Å². The first-order valence-electron chi connectivity index (χ1n) is 5.37. The number of hydrogen-bond acceptors (Lipinski definition) is 2. The molecule has 0 saturated carbocycles. The highest BCUT2D eigenvalue weighted by Crippen LogP contribution is 2.14. The van der Waals surface area contributed by atoms with E-state index in [-0.39, 0.29) is 5.60 Å². The molecule has 0 radical (unpaired) electrons. The Morgan fingerprint density at radius 3 is 2.47 bits per heavy atom. The van der Waals surface area contributed by atoms with Crippen molar-refractivity contribution in [3.8, 4) is 0 Å². The van der Waals surface area contributed by atoms with Gasteiger partial charge in [-0.05, 0) is 51.3 Å². The Hall–Kier alpha value is -1.02. The van der Waals surface area contributed by atoms with E-state index in [0.717, 1.165) is 24.3 Å². The molecule has 0 aromatic heterocycles. The first-order chi connectivity index (χ1) is 6.88. The summed E-state index contributed by atoms with van der Waals surface area (Å²) in [6.45, 7) is 9.00. The molecule has 84 valence electrons. The van der Waals surface area contributed by atoms with Crippen molar-refractivity contribution >= 4 is 5.69 Å². The first kappa shape index (κ1) is 12.1. The fraction of sp³-hybridized carbons (Fsp3) is 0.538. The molecule has 2 nitrogen and oxygen atoms in total. The van der Waals surface area contributed by atoms with Gasteiger partial charge in [-0.25, -0.2) is 0 Å². The third-order valence-corrected chi connectivity index (χ3v) is 2.26. The van der Waals surface area contributed by atoms with Gasteiger partial charge in [0.1, 0.15) is 0 Å². The van der Waals surface area contributed by atoms with Crippen LogP contribution in [0.3, 0.4) is 0 Å². The molecule has 1 aromatic rings. The molecule has 0 saturated heterocycles. The SMILES string of the molecule is Cc1cc(CCOC(C)(C)C)ccc1N. The summed E-state index contributed by atoms with van der Waals surface area (Å²) in [4.78, 5) is 0. The van der Waals surface area contributed by atoms with E-state index in [1.165, 1.54) is 5.56 Å². The molecule has 0 aliphatic rings. The van der Waals surface area contributed by atoms with Crippen LogP contribution in [0.2, 0.25) is 0 Å². The van der Waals surface area contributed by atoms with Crippen molar-refractivity contribution in [2.24, 2.45) is 0 Å². The van der Waals surface area contributed by atoms with Gasteiger partial charge in [-0.3, -0.25) is 0 Å². The van der Waals surface area contributed by atoms with E-state index >= 15 is 0 Å². The van der Waals surface area contributed by atoms with E-state index in [2.05, 4.69) is 32.9 Å². The van der Waals surface area contributed by atoms with Gasteiger partial charge in [-0.1, -0.05) is 12.1 Å². The summed E-state index contributed by atoms with van der Waals surface area (Å²) in [5.74, 6) is 0. The molecule has 1 rings (SSSR count). The Labute approximate surface area is 92.4 Å². The Bertz CT molecular complexity index is 326. The van der Waals surface area contributed by atoms with Crippen molar-refractivity contribution in [3.05, 3.63) is 29.3 Å². The standard InChI is InChI=1S/C13H21NO/c1-10-9-11(5-6-12(10)14)7-8-15-13(2,3)4/h5-6,9H,7-8,14H2,1-4H3. The molecule has 1 aromatic carbocycles. The van der Waals surface area contributed by atoms with Crippen LogP contribution in [0.1, 0.15) is 31.9 Å². The van der Waals surface area contributed by atoms with E-state index in [9.17, 15) is 0 Å². The maximum Gasteiger partial charge on any atom is 0.0598 e. The lowest BCUT2D eigenvalue weighted by Gasteiger charge is -2.19. The first-order valence-corrected chi connectivity index (χ1v) is 5.37. The number of rotatable bonds is 3. The minimum Gasteiger partial charge on any atom is -0.399 e. The fourth-order valence-electron chi connectivity index (χ4n) is 1.37. The zero-order valence-corrected chi connectivity index (χ0v) is 10.1. The van der Waals surface area contributed by atoms with Gasteiger partial charge in [0.05, 0.1) is 12.2 Å². The highest BCUT2D eigenvalue weighted by Gasteiger charge is 2.09. The second-order valence-electron chi connectivity index (χ2n) is 4.90. The lowest BCUT2D eigenvalue weighted by Crippen LogP contribution is -2.20.